The van der Waals surface area contributed by atoms with E-state index in [0.717, 1.165) is 0 Å². The number of quaternary nitrogens is 1. The van der Waals surface area contributed by atoms with Crippen molar-refractivity contribution in [1.82, 2.24) is 0 Å². The summed E-state index contributed by atoms with van der Waals surface area (Å²) >= 11 is 0. The summed E-state index contributed by atoms with van der Waals surface area (Å²) in [6.07, 6.45) is 0.590. The van der Waals surface area contributed by atoms with Crippen LogP contribution in [0.15, 0.2) is 0 Å². The van der Waals surface area contributed by atoms with E-state index in [1.807, 2.05) is 0 Å². The van der Waals surface area contributed by atoms with Crippen molar-refractivity contribution >= 4 is 11.9 Å². The number of methoxy groups -OCH3 is 1. The number of hydrogen-bond acceptors (Lipinski definition) is 5. The Labute approximate surface area is 128 Å². The molecule has 1 rings (SSSR count). The molecule has 124 valence electrons. The van der Waals surface area contributed by atoms with Crippen molar-refractivity contribution in [2.24, 2.45) is 0 Å². The van der Waals surface area contributed by atoms with E-state index >= 15 is 0 Å². The Morgan fingerprint density at radius 3 is 2.09 bits per heavy atom. The van der Waals surface area contributed by atoms with Gasteiger partial charge in [-0.25, -0.2) is 22.4 Å². The summed E-state index contributed by atoms with van der Waals surface area (Å²) in [5.41, 5.74) is -5.04. The van der Waals surface area contributed by atoms with Gasteiger partial charge in [0.05, 0.1) is 24.7 Å². The zero-order valence-corrected chi connectivity index (χ0v) is 11.1. The standard InChI is InChI=1S/C8H2F4O4.C4H11NO/c9-3-1(7(13)14)4(10)6(12)2(5(3)11)8(15)16;1-6-4-2-3-5/h(H,13,14)(H,15,16);2-5H2,1H3/i/hD4. The minimum atomic E-state index is -2.50. The maximum absolute atomic E-state index is 13.0. The maximum Gasteiger partial charge on any atom is 0.344 e. The molecular weight excluding hydrogens is 314 g/mol. The number of halogens is 4. The van der Waals surface area contributed by atoms with Crippen LogP contribution in [0.4, 0.5) is 17.6 Å². The van der Waals surface area contributed by atoms with Crippen LogP contribution < -0.4 is 10.8 Å². The average molecular weight is 331 g/mol. The van der Waals surface area contributed by atoms with E-state index in [4.69, 9.17) is 5.67 Å². The number of ether oxygens (including phenoxy) is 1. The van der Waals surface area contributed by atoms with Crippen LogP contribution in [-0.4, -0.2) is 37.3 Å². The number of aromatic carboxylic acids is 2. The molecule has 10 heteroatoms. The lowest BCUT2D eigenvalue weighted by atomic mass is 10.1. The van der Waals surface area contributed by atoms with E-state index in [2.05, 4.69) is 9.85 Å². The number of benzene rings is 1. The lowest BCUT2D eigenvalue weighted by Crippen LogP contribution is -2.50. The van der Waals surface area contributed by atoms with Crippen molar-refractivity contribution in [3.05, 3.63) is 34.4 Å². The van der Waals surface area contributed by atoms with Crippen molar-refractivity contribution in [1.29, 1.82) is 1.43 Å². The van der Waals surface area contributed by atoms with Gasteiger partial charge in [0.15, 0.2) is 23.3 Å². The van der Waals surface area contributed by atoms with Gasteiger partial charge in [-0.05, 0) is 0 Å². The molecular formula is C12H13F4NO5. The molecule has 0 spiro atoms. The molecule has 0 fully saturated rings. The van der Waals surface area contributed by atoms with Crippen molar-refractivity contribution in [2.45, 2.75) is 6.42 Å². The lowest BCUT2D eigenvalue weighted by molar-refractivity contribution is -0.369. The molecule has 0 aliphatic rings. The number of carbonyl (C=O) groups is 2. The fraction of sp³-hybridized carbons (Fsp3) is 0.333. The summed E-state index contributed by atoms with van der Waals surface area (Å²) in [5.74, 6) is -13.7. The first-order chi connectivity index (χ1) is 11.9. The van der Waals surface area contributed by atoms with Crippen LogP contribution in [0.3, 0.4) is 0 Å². The maximum atomic E-state index is 13.0. The van der Waals surface area contributed by atoms with Gasteiger partial charge in [0, 0.05) is 13.5 Å². The Morgan fingerprint density at radius 2 is 1.73 bits per heavy atom. The fourth-order valence-electron chi connectivity index (χ4n) is 1.20. The molecule has 0 heterocycles. The van der Waals surface area contributed by atoms with E-state index in [1.165, 1.54) is 0 Å². The van der Waals surface area contributed by atoms with Crippen molar-refractivity contribution in [3.8, 4) is 0 Å². The van der Waals surface area contributed by atoms with Crippen molar-refractivity contribution in [2.75, 3.05) is 20.3 Å². The Kier molecular flexibility index (Phi) is 5.48. The van der Waals surface area contributed by atoms with Crippen LogP contribution in [0.2, 0.25) is 4.24 Å². The Morgan fingerprint density at radius 1 is 1.23 bits per heavy atom. The van der Waals surface area contributed by atoms with Crippen molar-refractivity contribution in [3.63, 3.8) is 0 Å². The molecule has 0 saturated carbocycles. The zero-order chi connectivity index (χ0) is 20.7. The third-order valence-corrected chi connectivity index (χ3v) is 2.18. The van der Waals surface area contributed by atoms with Crippen LogP contribution in [-0.2, 0) is 4.74 Å². The van der Waals surface area contributed by atoms with Crippen LogP contribution in [0.25, 0.3) is 1.43 Å². The second-order valence-electron chi connectivity index (χ2n) is 3.65. The number of carboxylic acid groups (broad SMARTS) is 2. The van der Waals surface area contributed by atoms with Gasteiger partial charge in [-0.15, -0.1) is 0 Å². The fourth-order valence-corrected chi connectivity index (χ4v) is 1.20. The first-order valence-electron chi connectivity index (χ1n) is 7.34. The molecule has 1 aromatic carbocycles. The Balaban J connectivity index is 0.000000590. The van der Waals surface area contributed by atoms with Crippen LogP contribution in [0, 0.1) is 23.3 Å². The number of carbonyl (C=O) groups excluding carboxylic acids is 1. The van der Waals surface area contributed by atoms with Crippen LogP contribution >= 0.6 is 0 Å². The first kappa shape index (κ1) is 13.5. The topological polar surface area (TPSA) is 114 Å². The molecule has 4 N–H and O–H groups in total. The average Bonchev–Trinajstić information content (AvgIpc) is 2.52. The molecule has 0 aliphatic carbocycles. The van der Waals surface area contributed by atoms with Gasteiger partial charge in [-0.1, -0.05) is 0 Å². The molecule has 0 radical (unpaired) electrons. The molecule has 0 aromatic heterocycles. The van der Waals surface area contributed by atoms with Gasteiger partial charge in [-0.3, -0.25) is 0 Å². The summed E-state index contributed by atoms with van der Waals surface area (Å²) in [5, 5.41) is 13.4. The van der Waals surface area contributed by atoms with Gasteiger partial charge in [-0.2, -0.15) is 0 Å². The zero-order valence-electron chi connectivity index (χ0n) is 15.1. The number of rotatable bonds is 6. The highest BCUT2D eigenvalue weighted by Gasteiger charge is 2.29. The smallest absolute Gasteiger partial charge is 0.344 e. The second-order valence-corrected chi connectivity index (χ2v) is 3.65. The van der Waals surface area contributed by atoms with E-state index in [9.17, 15) is 32.3 Å². The highest BCUT2D eigenvalue weighted by atomic mass is 19.2. The summed E-state index contributed by atoms with van der Waals surface area (Å²) < 4.78 is 83.0. The summed E-state index contributed by atoms with van der Waals surface area (Å²) in [7, 11) is 1.56. The molecule has 22 heavy (non-hydrogen) atoms. The van der Waals surface area contributed by atoms with Gasteiger partial charge < -0.3 is 25.5 Å². The molecule has 6 nitrogen and oxygen atoms in total. The molecule has 0 unspecified atom stereocenters. The third kappa shape index (κ3) is 4.67. The second kappa shape index (κ2) is 8.95. The lowest BCUT2D eigenvalue weighted by Gasteiger charge is -2.09. The first-order valence-corrected chi connectivity index (χ1v) is 5.59. The van der Waals surface area contributed by atoms with Crippen molar-refractivity contribution < 1.29 is 52.1 Å². The largest absolute Gasteiger partial charge is 0.545 e. The number of carboxylic acids is 2. The monoisotopic (exact) mass is 331 g/mol. The van der Waals surface area contributed by atoms with Gasteiger partial charge in [0.25, 0.3) is 1.43 Å². The summed E-state index contributed by atoms with van der Waals surface area (Å²) in [6.45, 7) is 0.713. The highest BCUT2D eigenvalue weighted by molar-refractivity contribution is 5.92. The minimum Gasteiger partial charge on any atom is -0.545 e. The molecule has 1 aromatic rings. The van der Waals surface area contributed by atoms with Gasteiger partial charge in [0.2, 0.25) is 0 Å². The predicted molar refractivity (Wildman–Crippen MR) is 61.8 cm³/mol. The minimum absolute atomic E-state index is 0.188. The summed E-state index contributed by atoms with van der Waals surface area (Å²) in [6, 6.07) is 0. The summed E-state index contributed by atoms with van der Waals surface area (Å²) in [4.78, 5) is 20.9. The van der Waals surface area contributed by atoms with Crippen LogP contribution in [0.1, 0.15) is 27.1 Å². The van der Waals surface area contributed by atoms with E-state index in [0.29, 0.717) is 13.0 Å². The third-order valence-electron chi connectivity index (χ3n) is 2.18. The van der Waals surface area contributed by atoms with Crippen LogP contribution in [0.5, 0.6) is 0 Å². The quantitative estimate of drug-likeness (QED) is 0.417. The molecule has 0 aliphatic heterocycles. The molecule has 0 amide bonds. The molecule has 0 bridgehead atoms. The predicted octanol–water partition coefficient (Wildman–Crippen LogP) is -0.431. The van der Waals surface area contributed by atoms with E-state index in [1.54, 1.807) is 7.11 Å². The Bertz CT molecular complexity index is 643. The SMILES string of the molecule is [2H]OC(=O)c1c(F)c(F)c(C(=O)[O-])c(F)c1F.[2H][N+]([2H])([2H])CCCOC. The van der Waals surface area contributed by atoms with E-state index in [-0.39, 0.29) is 6.54 Å². The Hall–Kier alpha value is -2.20. The molecule has 0 atom stereocenters. The van der Waals surface area contributed by atoms with Gasteiger partial charge >= 0.3 is 10.2 Å². The van der Waals surface area contributed by atoms with Gasteiger partial charge in [0.1, 0.15) is 5.56 Å². The number of hydrogen-bond donors (Lipinski definition) is 2. The highest BCUT2D eigenvalue weighted by Crippen LogP contribution is 2.23. The molecule has 0 saturated heterocycles. The normalized spacial score (nSPS) is 13.0. The van der Waals surface area contributed by atoms with E-state index < -0.39 is 52.0 Å².